The van der Waals surface area contributed by atoms with E-state index in [4.69, 9.17) is 10.7 Å². The lowest BCUT2D eigenvalue weighted by Crippen LogP contribution is -2.26. The van der Waals surface area contributed by atoms with Crippen LogP contribution in [0.1, 0.15) is 29.9 Å². The van der Waals surface area contributed by atoms with E-state index >= 15 is 0 Å². The number of nitrogens with zero attached hydrogens (tertiary/aromatic N) is 3. The van der Waals surface area contributed by atoms with E-state index in [1.54, 1.807) is 0 Å². The summed E-state index contributed by atoms with van der Waals surface area (Å²) < 4.78 is 2.06. The molecule has 0 saturated carbocycles. The van der Waals surface area contributed by atoms with Crippen LogP contribution in [0.15, 0.2) is 60.9 Å². The van der Waals surface area contributed by atoms with Gasteiger partial charge in [-0.1, -0.05) is 42.0 Å². The third-order valence-corrected chi connectivity index (χ3v) is 5.83. The minimum Gasteiger partial charge on any atom is -0.381 e. The Labute approximate surface area is 170 Å². The average molecular weight is 383 g/mol. The summed E-state index contributed by atoms with van der Waals surface area (Å²) in [6.07, 6.45) is 6.27. The molecular weight excluding hydrogens is 358 g/mol. The topological polar surface area (TPSA) is 68.2 Å². The Bertz CT molecular complexity index is 1170. The molecule has 0 aliphatic carbocycles. The number of fused-ring (bicyclic) bond motifs is 1. The van der Waals surface area contributed by atoms with Crippen molar-refractivity contribution in [3.8, 4) is 22.5 Å². The van der Waals surface area contributed by atoms with E-state index < -0.39 is 0 Å². The lowest BCUT2D eigenvalue weighted by molar-refractivity contribution is 0.460. The van der Waals surface area contributed by atoms with Crippen LogP contribution in [-0.4, -0.2) is 27.5 Å². The zero-order valence-electron chi connectivity index (χ0n) is 16.6. The highest BCUT2D eigenvalue weighted by atomic mass is 15.1. The van der Waals surface area contributed by atoms with Crippen molar-refractivity contribution in [1.82, 2.24) is 19.7 Å². The molecule has 0 amide bonds. The lowest BCUT2D eigenvalue weighted by atomic mass is 9.89. The van der Waals surface area contributed by atoms with E-state index in [-0.39, 0.29) is 0 Å². The molecule has 2 aromatic heterocycles. The summed E-state index contributed by atoms with van der Waals surface area (Å²) in [5.41, 5.74) is 13.6. The summed E-state index contributed by atoms with van der Waals surface area (Å²) in [4.78, 5) is 9.24. The fourth-order valence-electron chi connectivity index (χ4n) is 4.26. The predicted molar refractivity (Wildman–Crippen MR) is 118 cm³/mol. The molecule has 1 aliphatic heterocycles. The first-order valence-electron chi connectivity index (χ1n) is 10.2. The average Bonchev–Trinajstić information content (AvgIpc) is 3.21. The highest BCUT2D eigenvalue weighted by Gasteiger charge is 2.17. The molecule has 5 rings (SSSR count). The van der Waals surface area contributed by atoms with E-state index in [1.807, 2.05) is 6.20 Å². The van der Waals surface area contributed by atoms with Gasteiger partial charge in [0, 0.05) is 17.3 Å². The van der Waals surface area contributed by atoms with Gasteiger partial charge < -0.3 is 11.1 Å². The van der Waals surface area contributed by atoms with Crippen molar-refractivity contribution >= 4 is 11.5 Å². The van der Waals surface area contributed by atoms with Crippen LogP contribution >= 0.6 is 0 Å². The van der Waals surface area contributed by atoms with Crippen LogP contribution in [0.4, 0.5) is 5.82 Å². The second-order valence-corrected chi connectivity index (χ2v) is 7.87. The van der Waals surface area contributed by atoms with Gasteiger partial charge in [-0.2, -0.15) is 0 Å². The van der Waals surface area contributed by atoms with Gasteiger partial charge >= 0.3 is 0 Å². The first-order chi connectivity index (χ1) is 14.2. The monoisotopic (exact) mass is 383 g/mol. The zero-order valence-corrected chi connectivity index (χ0v) is 16.6. The molecule has 3 heterocycles. The van der Waals surface area contributed by atoms with Crippen molar-refractivity contribution in [2.45, 2.75) is 25.7 Å². The first-order valence-corrected chi connectivity index (χ1v) is 10.2. The SMILES string of the molecule is Cc1cccc(-c2cnc(N)c3nc(-c4cccc(C5CCNCC5)c4)cn23)c1. The summed E-state index contributed by atoms with van der Waals surface area (Å²) >= 11 is 0. The standard InChI is InChI=1S/C24H25N5/c1-16-4-2-7-20(12-16)22-14-27-23(25)24-28-21(15-29(22)24)19-6-3-5-18(13-19)17-8-10-26-11-9-17/h2-7,12-15,17,26H,8-11H2,1H3,(H2,25,27). The Hall–Kier alpha value is -3.18. The number of benzene rings is 2. The number of nitrogens with two attached hydrogens (primary N) is 1. The molecule has 146 valence electrons. The van der Waals surface area contributed by atoms with Gasteiger partial charge in [0.25, 0.3) is 0 Å². The molecule has 29 heavy (non-hydrogen) atoms. The molecule has 5 heteroatoms. The number of aryl methyl sites for hydroxylation is 1. The van der Waals surface area contributed by atoms with E-state index in [0.717, 1.165) is 35.6 Å². The number of imidazole rings is 1. The van der Waals surface area contributed by atoms with Gasteiger partial charge in [0.15, 0.2) is 11.5 Å². The predicted octanol–water partition coefficient (Wildman–Crippen LogP) is 4.42. The number of piperidine rings is 1. The molecule has 4 aromatic rings. The van der Waals surface area contributed by atoms with Gasteiger partial charge in [-0.05, 0) is 56.5 Å². The summed E-state index contributed by atoms with van der Waals surface area (Å²) in [5, 5.41) is 3.44. The number of nitrogens with one attached hydrogen (secondary N) is 1. The van der Waals surface area contributed by atoms with Gasteiger partial charge in [0.1, 0.15) is 0 Å². The minimum atomic E-state index is 0.446. The molecule has 1 aliphatic rings. The molecule has 0 unspecified atom stereocenters. The summed E-state index contributed by atoms with van der Waals surface area (Å²) in [7, 11) is 0. The van der Waals surface area contributed by atoms with Gasteiger partial charge in [-0.3, -0.25) is 4.40 Å². The molecular formula is C24H25N5. The third-order valence-electron chi connectivity index (χ3n) is 5.83. The second-order valence-electron chi connectivity index (χ2n) is 7.87. The van der Waals surface area contributed by atoms with E-state index in [0.29, 0.717) is 17.4 Å². The highest BCUT2D eigenvalue weighted by Crippen LogP contribution is 2.31. The fraction of sp³-hybridized carbons (Fsp3) is 0.250. The number of hydrogen-bond acceptors (Lipinski definition) is 4. The zero-order chi connectivity index (χ0) is 19.8. The van der Waals surface area contributed by atoms with Crippen LogP contribution in [0.5, 0.6) is 0 Å². The smallest absolute Gasteiger partial charge is 0.180 e. The number of rotatable bonds is 3. The normalized spacial score (nSPS) is 15.1. The Morgan fingerprint density at radius 1 is 1.03 bits per heavy atom. The van der Waals surface area contributed by atoms with Crippen molar-refractivity contribution < 1.29 is 0 Å². The quantitative estimate of drug-likeness (QED) is 0.549. The Morgan fingerprint density at radius 3 is 2.66 bits per heavy atom. The summed E-state index contributed by atoms with van der Waals surface area (Å²) in [6.45, 7) is 4.27. The van der Waals surface area contributed by atoms with Crippen LogP contribution in [0.25, 0.3) is 28.2 Å². The molecule has 0 spiro atoms. The Balaban J connectivity index is 1.60. The third kappa shape index (κ3) is 3.38. The minimum absolute atomic E-state index is 0.446. The Morgan fingerprint density at radius 2 is 1.83 bits per heavy atom. The lowest BCUT2D eigenvalue weighted by Gasteiger charge is -2.23. The van der Waals surface area contributed by atoms with Crippen LogP contribution in [-0.2, 0) is 0 Å². The number of anilines is 1. The van der Waals surface area contributed by atoms with Crippen molar-refractivity contribution in [3.63, 3.8) is 0 Å². The molecule has 0 atom stereocenters. The van der Waals surface area contributed by atoms with Crippen molar-refractivity contribution in [2.24, 2.45) is 0 Å². The van der Waals surface area contributed by atoms with E-state index in [2.05, 4.69) is 76.4 Å². The van der Waals surface area contributed by atoms with Crippen molar-refractivity contribution in [1.29, 1.82) is 0 Å². The molecule has 0 bridgehead atoms. The van der Waals surface area contributed by atoms with Crippen molar-refractivity contribution in [2.75, 3.05) is 18.8 Å². The van der Waals surface area contributed by atoms with Crippen LogP contribution in [0, 0.1) is 6.92 Å². The van der Waals surface area contributed by atoms with Crippen molar-refractivity contribution in [3.05, 3.63) is 72.1 Å². The van der Waals surface area contributed by atoms with Gasteiger partial charge in [-0.15, -0.1) is 0 Å². The highest BCUT2D eigenvalue weighted by molar-refractivity contribution is 5.74. The van der Waals surface area contributed by atoms with Crippen LogP contribution in [0.3, 0.4) is 0 Å². The van der Waals surface area contributed by atoms with Crippen LogP contribution < -0.4 is 11.1 Å². The van der Waals surface area contributed by atoms with E-state index in [1.165, 1.54) is 24.0 Å². The molecule has 1 saturated heterocycles. The summed E-state index contributed by atoms with van der Waals surface area (Å²) in [6, 6.07) is 17.2. The van der Waals surface area contributed by atoms with Gasteiger partial charge in [0.05, 0.1) is 17.6 Å². The first kappa shape index (κ1) is 17.9. The second kappa shape index (κ2) is 7.33. The number of hydrogen-bond donors (Lipinski definition) is 2. The largest absolute Gasteiger partial charge is 0.381 e. The maximum atomic E-state index is 6.17. The van der Waals surface area contributed by atoms with Crippen LogP contribution in [0.2, 0.25) is 0 Å². The molecule has 0 radical (unpaired) electrons. The summed E-state index contributed by atoms with van der Waals surface area (Å²) in [5.74, 6) is 1.06. The molecule has 1 fully saturated rings. The van der Waals surface area contributed by atoms with Gasteiger partial charge in [0.2, 0.25) is 0 Å². The number of aromatic nitrogens is 3. The maximum absolute atomic E-state index is 6.17. The van der Waals surface area contributed by atoms with Gasteiger partial charge in [-0.25, -0.2) is 9.97 Å². The molecule has 5 nitrogen and oxygen atoms in total. The number of nitrogen functional groups attached to an aromatic ring is 1. The maximum Gasteiger partial charge on any atom is 0.180 e. The van der Waals surface area contributed by atoms with E-state index in [9.17, 15) is 0 Å². The fourth-order valence-corrected chi connectivity index (χ4v) is 4.26. The molecule has 2 aromatic carbocycles. The molecule has 3 N–H and O–H groups in total. The Kier molecular flexibility index (Phi) is 4.52.